The van der Waals surface area contributed by atoms with Crippen LogP contribution in [0.25, 0.3) is 0 Å². The third-order valence-corrected chi connectivity index (χ3v) is 9.35. The molecule has 0 radical (unpaired) electrons. The molecule has 4 rings (SSSR count). The van der Waals surface area contributed by atoms with Gasteiger partial charge in [-0.25, -0.2) is 0 Å². The number of hydrogen-bond acceptors (Lipinski definition) is 2. The normalized spacial score (nSPS) is 17.6. The average molecular weight is 513 g/mol. The topological polar surface area (TPSA) is 24.7 Å². The lowest BCUT2D eigenvalue weighted by Gasteiger charge is -2.17. The number of rotatable bonds is 11. The van der Waals surface area contributed by atoms with Crippen LogP contribution in [0.1, 0.15) is 126 Å². The molecule has 0 saturated heterocycles. The van der Waals surface area contributed by atoms with E-state index in [4.69, 9.17) is 9.98 Å². The maximum Gasteiger partial charge on any atom is 0.0692 e. The Morgan fingerprint density at radius 1 is 0.553 bits per heavy atom. The van der Waals surface area contributed by atoms with Gasteiger partial charge in [-0.1, -0.05) is 77.6 Å². The first-order valence-electron chi connectivity index (χ1n) is 15.9. The van der Waals surface area contributed by atoms with Gasteiger partial charge < -0.3 is 0 Å². The molecule has 0 unspecified atom stereocenters. The van der Waals surface area contributed by atoms with E-state index in [9.17, 15) is 0 Å². The SMILES string of the molecule is CCc1cc(CCc2cc(CC)c(/N=C(\C)C3CCCC3)c(CC)c2)cc(CC)c1/N=C(\C)C1CCCC1. The molecule has 0 aliphatic heterocycles. The van der Waals surface area contributed by atoms with E-state index >= 15 is 0 Å². The predicted octanol–water partition coefficient (Wildman–Crippen LogP) is 10.3. The molecular weight excluding hydrogens is 460 g/mol. The number of aryl methyl sites for hydroxylation is 6. The van der Waals surface area contributed by atoms with Crippen LogP contribution in [0.5, 0.6) is 0 Å². The zero-order valence-electron chi connectivity index (χ0n) is 25.3. The van der Waals surface area contributed by atoms with E-state index in [2.05, 4.69) is 65.8 Å². The first-order valence-corrected chi connectivity index (χ1v) is 15.9. The van der Waals surface area contributed by atoms with Crippen molar-refractivity contribution in [3.05, 3.63) is 57.6 Å². The van der Waals surface area contributed by atoms with Gasteiger partial charge in [-0.2, -0.15) is 0 Å². The molecule has 2 aromatic carbocycles. The van der Waals surface area contributed by atoms with Gasteiger partial charge in [0.15, 0.2) is 0 Å². The zero-order chi connectivity index (χ0) is 27.1. The highest BCUT2D eigenvalue weighted by Crippen LogP contribution is 2.34. The van der Waals surface area contributed by atoms with Crippen LogP contribution in [0, 0.1) is 11.8 Å². The molecule has 0 N–H and O–H groups in total. The molecule has 2 heteroatoms. The summed E-state index contributed by atoms with van der Waals surface area (Å²) in [4.78, 5) is 10.5. The van der Waals surface area contributed by atoms with Gasteiger partial charge in [-0.3, -0.25) is 9.98 Å². The Kier molecular flexibility index (Phi) is 10.4. The molecule has 206 valence electrons. The quantitative estimate of drug-likeness (QED) is 0.268. The van der Waals surface area contributed by atoms with Gasteiger partial charge in [0, 0.05) is 11.4 Å². The third-order valence-electron chi connectivity index (χ3n) is 9.35. The van der Waals surface area contributed by atoms with Gasteiger partial charge in [0.2, 0.25) is 0 Å². The first-order chi connectivity index (χ1) is 18.5. The van der Waals surface area contributed by atoms with Crippen molar-refractivity contribution >= 4 is 22.8 Å². The average Bonchev–Trinajstić information content (AvgIpc) is 3.67. The fourth-order valence-electron chi connectivity index (χ4n) is 6.83. The highest BCUT2D eigenvalue weighted by atomic mass is 14.8. The molecule has 2 nitrogen and oxygen atoms in total. The molecule has 2 aliphatic carbocycles. The van der Waals surface area contributed by atoms with Crippen LogP contribution in [0.2, 0.25) is 0 Å². The smallest absolute Gasteiger partial charge is 0.0692 e. The fourth-order valence-corrected chi connectivity index (χ4v) is 6.83. The minimum atomic E-state index is 0.693. The van der Waals surface area contributed by atoms with Crippen LogP contribution in [-0.4, -0.2) is 11.4 Å². The van der Waals surface area contributed by atoms with Crippen molar-refractivity contribution < 1.29 is 0 Å². The van der Waals surface area contributed by atoms with Crippen LogP contribution in [-0.2, 0) is 38.5 Å². The van der Waals surface area contributed by atoms with Crippen LogP contribution in [0.4, 0.5) is 11.4 Å². The van der Waals surface area contributed by atoms with Crippen molar-refractivity contribution in [2.75, 3.05) is 0 Å². The predicted molar refractivity (Wildman–Crippen MR) is 167 cm³/mol. The second kappa shape index (κ2) is 13.7. The van der Waals surface area contributed by atoms with Gasteiger partial charge in [-0.15, -0.1) is 0 Å². The van der Waals surface area contributed by atoms with Gasteiger partial charge in [-0.05, 0) is 123 Å². The van der Waals surface area contributed by atoms with Crippen LogP contribution in [0.15, 0.2) is 34.3 Å². The summed E-state index contributed by atoms with van der Waals surface area (Å²) in [6, 6.07) is 9.80. The lowest BCUT2D eigenvalue weighted by molar-refractivity contribution is 0.725. The summed E-state index contributed by atoms with van der Waals surface area (Å²) in [5.74, 6) is 1.39. The van der Waals surface area contributed by atoms with E-state index in [0.29, 0.717) is 11.8 Å². The lowest BCUT2D eigenvalue weighted by Crippen LogP contribution is -2.07. The monoisotopic (exact) mass is 512 g/mol. The van der Waals surface area contributed by atoms with E-state index in [-0.39, 0.29) is 0 Å². The van der Waals surface area contributed by atoms with Crippen molar-refractivity contribution in [3.8, 4) is 0 Å². The van der Waals surface area contributed by atoms with E-state index in [1.54, 1.807) is 0 Å². The Morgan fingerprint density at radius 3 is 1.11 bits per heavy atom. The molecule has 2 aliphatic rings. The Bertz CT molecular complexity index is 998. The van der Waals surface area contributed by atoms with Gasteiger partial charge in [0.25, 0.3) is 0 Å². The largest absolute Gasteiger partial charge is 0.257 e. The summed E-state index contributed by atoms with van der Waals surface area (Å²) in [7, 11) is 0. The van der Waals surface area contributed by atoms with Crippen molar-refractivity contribution in [2.24, 2.45) is 21.8 Å². The Hall–Kier alpha value is -2.22. The van der Waals surface area contributed by atoms with Crippen molar-refractivity contribution in [1.82, 2.24) is 0 Å². The van der Waals surface area contributed by atoms with Gasteiger partial charge in [0.05, 0.1) is 11.4 Å². The molecule has 2 aromatic rings. The summed E-state index contributed by atoms with van der Waals surface area (Å²) in [6.07, 6.45) is 17.1. The second-order valence-corrected chi connectivity index (χ2v) is 11.9. The highest BCUT2D eigenvalue weighted by Gasteiger charge is 2.20. The zero-order valence-corrected chi connectivity index (χ0v) is 25.3. The van der Waals surface area contributed by atoms with E-state index in [1.165, 1.54) is 108 Å². The third kappa shape index (κ3) is 6.85. The molecule has 0 amide bonds. The molecule has 0 spiro atoms. The first kappa shape index (κ1) is 28.8. The van der Waals surface area contributed by atoms with Crippen LogP contribution < -0.4 is 0 Å². The maximum absolute atomic E-state index is 5.25. The highest BCUT2D eigenvalue weighted by molar-refractivity contribution is 5.88. The summed E-state index contributed by atoms with van der Waals surface area (Å²) < 4.78 is 0. The maximum atomic E-state index is 5.25. The molecule has 38 heavy (non-hydrogen) atoms. The van der Waals surface area contributed by atoms with E-state index < -0.39 is 0 Å². The number of nitrogens with zero attached hydrogens (tertiary/aromatic N) is 2. The van der Waals surface area contributed by atoms with Gasteiger partial charge in [0.1, 0.15) is 0 Å². The fraction of sp³-hybridized carbons (Fsp3) is 0.611. The molecule has 2 fully saturated rings. The summed E-state index contributed by atoms with van der Waals surface area (Å²) in [5, 5.41) is 0. The second-order valence-electron chi connectivity index (χ2n) is 11.9. The van der Waals surface area contributed by atoms with Crippen molar-refractivity contribution in [3.63, 3.8) is 0 Å². The summed E-state index contributed by atoms with van der Waals surface area (Å²) >= 11 is 0. The molecule has 2 saturated carbocycles. The summed E-state index contributed by atoms with van der Waals surface area (Å²) in [5.41, 5.74) is 13.9. The minimum Gasteiger partial charge on any atom is -0.257 e. The summed E-state index contributed by atoms with van der Waals surface area (Å²) in [6.45, 7) is 13.7. The van der Waals surface area contributed by atoms with Crippen molar-refractivity contribution in [2.45, 2.75) is 131 Å². The number of aliphatic imine (C=N–C) groups is 2. The minimum absolute atomic E-state index is 0.693. The van der Waals surface area contributed by atoms with E-state index in [0.717, 1.165) is 38.5 Å². The Labute approximate surface area is 233 Å². The Morgan fingerprint density at radius 2 is 0.842 bits per heavy atom. The number of benzene rings is 2. The van der Waals surface area contributed by atoms with Crippen molar-refractivity contribution in [1.29, 1.82) is 0 Å². The molecule has 0 heterocycles. The molecular formula is C36H52N2. The molecule has 0 bridgehead atoms. The van der Waals surface area contributed by atoms with Crippen LogP contribution in [0.3, 0.4) is 0 Å². The number of hydrogen-bond donors (Lipinski definition) is 0. The van der Waals surface area contributed by atoms with Crippen LogP contribution >= 0.6 is 0 Å². The molecule has 0 aromatic heterocycles. The Balaban J connectivity index is 1.56. The lowest BCUT2D eigenvalue weighted by atomic mass is 9.93. The standard InChI is InChI=1S/C36H52N2/c1-7-29-21-27(22-30(8-2)35(29)37-25(5)33-15-11-12-16-33)19-20-28-23-31(9-3)36(32(10-4)24-28)38-26(6)34-17-13-14-18-34/h21-24,33-34H,7-20H2,1-6H3/b37-25+,38-26+. The van der Waals surface area contributed by atoms with Gasteiger partial charge >= 0.3 is 0 Å². The van der Waals surface area contributed by atoms with E-state index in [1.807, 2.05) is 0 Å². The molecule has 0 atom stereocenters.